The van der Waals surface area contributed by atoms with Gasteiger partial charge in [0.15, 0.2) is 17.5 Å². The number of esters is 1. The number of carbonyl (C=O) groups excluding carboxylic acids is 1. The van der Waals surface area contributed by atoms with E-state index in [2.05, 4.69) is 30.3 Å². The van der Waals surface area contributed by atoms with Crippen molar-refractivity contribution in [1.29, 1.82) is 0 Å². The van der Waals surface area contributed by atoms with E-state index in [1.165, 1.54) is 19.4 Å². The van der Waals surface area contributed by atoms with Crippen LogP contribution in [0.15, 0.2) is 53.4 Å². The Morgan fingerprint density at radius 3 is 2.79 bits per heavy atom. The van der Waals surface area contributed by atoms with E-state index in [4.69, 9.17) is 4.52 Å². The number of rotatable bonds is 9. The van der Waals surface area contributed by atoms with Gasteiger partial charge in [-0.15, -0.1) is 0 Å². The second-order valence-corrected chi connectivity index (χ2v) is 7.05. The fourth-order valence-electron chi connectivity index (χ4n) is 3.14. The lowest BCUT2D eigenvalue weighted by Gasteiger charge is -2.07. The number of anilines is 1. The van der Waals surface area contributed by atoms with Crippen molar-refractivity contribution < 1.29 is 22.8 Å². The Balaban J connectivity index is 1.61. The Labute approximate surface area is 187 Å². The summed E-state index contributed by atoms with van der Waals surface area (Å²) in [7, 11) is 1.31. The van der Waals surface area contributed by atoms with Crippen LogP contribution in [0.4, 0.5) is 14.6 Å². The van der Waals surface area contributed by atoms with Gasteiger partial charge in [0, 0.05) is 24.6 Å². The van der Waals surface area contributed by atoms with Crippen LogP contribution in [0.5, 0.6) is 0 Å². The van der Waals surface area contributed by atoms with Gasteiger partial charge in [-0.2, -0.15) is 5.10 Å². The quantitative estimate of drug-likeness (QED) is 0.301. The number of halogens is 2. The summed E-state index contributed by atoms with van der Waals surface area (Å²) in [4.78, 5) is 19.5. The first-order chi connectivity index (χ1) is 16.0. The monoisotopic (exact) mass is 454 g/mol. The lowest BCUT2D eigenvalue weighted by Crippen LogP contribution is -2.10. The lowest BCUT2D eigenvalue weighted by molar-refractivity contribution is -0.140. The predicted molar refractivity (Wildman–Crippen MR) is 114 cm³/mol. The van der Waals surface area contributed by atoms with Crippen LogP contribution in [0, 0.1) is 11.6 Å². The number of aromatic nitrogens is 5. The number of carbonyl (C=O) groups is 1. The van der Waals surface area contributed by atoms with Crippen molar-refractivity contribution in [1.82, 2.24) is 24.9 Å². The maximum absolute atomic E-state index is 14.2. The highest BCUT2D eigenvalue weighted by atomic mass is 19.1. The van der Waals surface area contributed by atoms with Crippen LogP contribution in [0.1, 0.15) is 18.4 Å². The minimum atomic E-state index is -0.640. The van der Waals surface area contributed by atoms with Crippen molar-refractivity contribution in [3.63, 3.8) is 0 Å². The fraction of sp³-hybridized carbons (Fsp3) is 0.227. The summed E-state index contributed by atoms with van der Waals surface area (Å²) < 4.78 is 39.5. The molecular weight excluding hydrogens is 434 g/mol. The van der Waals surface area contributed by atoms with Gasteiger partial charge in [0.05, 0.1) is 25.5 Å². The molecule has 170 valence electrons. The summed E-state index contributed by atoms with van der Waals surface area (Å²) in [6.45, 7) is 0.448. The van der Waals surface area contributed by atoms with Gasteiger partial charge in [-0.05, 0) is 18.6 Å². The van der Waals surface area contributed by atoms with Crippen LogP contribution >= 0.6 is 0 Å². The topological polar surface area (TPSA) is 108 Å². The molecule has 0 saturated carbocycles. The molecule has 0 aliphatic rings. The minimum absolute atomic E-state index is 0.0171. The summed E-state index contributed by atoms with van der Waals surface area (Å²) in [6.07, 6.45) is 3.10. The van der Waals surface area contributed by atoms with Gasteiger partial charge in [-0.1, -0.05) is 23.4 Å². The van der Waals surface area contributed by atoms with Gasteiger partial charge in [0.25, 0.3) is 0 Å². The molecule has 0 unspecified atom stereocenters. The summed E-state index contributed by atoms with van der Waals surface area (Å²) in [5, 5.41) is 11.3. The number of nitrogens with one attached hydrogen (secondary N) is 1. The fourth-order valence-corrected chi connectivity index (χ4v) is 3.14. The highest BCUT2D eigenvalue weighted by Gasteiger charge is 2.18. The normalized spacial score (nSPS) is 10.9. The van der Waals surface area contributed by atoms with E-state index in [1.54, 1.807) is 35.0 Å². The van der Waals surface area contributed by atoms with E-state index in [-0.39, 0.29) is 36.4 Å². The molecule has 33 heavy (non-hydrogen) atoms. The van der Waals surface area contributed by atoms with Crippen LogP contribution in [-0.2, 0) is 16.1 Å². The second kappa shape index (κ2) is 9.98. The van der Waals surface area contributed by atoms with Crippen molar-refractivity contribution in [2.45, 2.75) is 19.4 Å². The summed E-state index contributed by atoms with van der Waals surface area (Å²) in [6, 6.07) is 9.70. The second-order valence-electron chi connectivity index (χ2n) is 7.05. The molecule has 3 heterocycles. The van der Waals surface area contributed by atoms with E-state index in [9.17, 15) is 13.6 Å². The molecule has 0 aliphatic heterocycles. The zero-order valence-corrected chi connectivity index (χ0v) is 17.7. The van der Waals surface area contributed by atoms with Crippen molar-refractivity contribution in [2.24, 2.45) is 0 Å². The first kappa shape index (κ1) is 22.1. The van der Waals surface area contributed by atoms with Crippen LogP contribution in [-0.4, -0.2) is 44.5 Å². The standard InChI is InChI=1S/C22H20F2N6O3/c1-32-20(31)7-4-9-25-21-16(24)12-26-22(27-21)18-11-19(17-8-10-33-29-17)30(28-18)13-14-5-2-3-6-15(14)23/h2-3,5-6,8,10-12H,4,7,9,13H2,1H3,(H,25,26,27). The Morgan fingerprint density at radius 1 is 1.18 bits per heavy atom. The SMILES string of the molecule is COC(=O)CCCNc1nc(-c2cc(-c3ccon3)n(Cc3ccccc3F)n2)ncc1F. The molecule has 0 saturated heterocycles. The zero-order valence-electron chi connectivity index (χ0n) is 17.7. The molecule has 1 N–H and O–H groups in total. The van der Waals surface area contributed by atoms with E-state index < -0.39 is 5.82 Å². The lowest BCUT2D eigenvalue weighted by atomic mass is 10.2. The molecule has 4 aromatic rings. The Morgan fingerprint density at radius 2 is 2.03 bits per heavy atom. The third-order valence-corrected chi connectivity index (χ3v) is 4.81. The Hall–Kier alpha value is -4.15. The molecule has 0 amide bonds. The maximum atomic E-state index is 14.2. The van der Waals surface area contributed by atoms with E-state index in [1.807, 2.05) is 0 Å². The number of hydrogen-bond acceptors (Lipinski definition) is 8. The molecule has 0 fully saturated rings. The van der Waals surface area contributed by atoms with Crippen LogP contribution in [0.3, 0.4) is 0 Å². The Kier molecular flexibility index (Phi) is 6.67. The minimum Gasteiger partial charge on any atom is -0.469 e. The van der Waals surface area contributed by atoms with Crippen LogP contribution in [0.2, 0.25) is 0 Å². The number of methoxy groups -OCH3 is 1. The molecule has 3 aromatic heterocycles. The van der Waals surface area contributed by atoms with Crippen molar-refractivity contribution in [2.75, 3.05) is 19.0 Å². The number of nitrogens with zero attached hydrogens (tertiary/aromatic N) is 5. The van der Waals surface area contributed by atoms with E-state index in [0.29, 0.717) is 35.6 Å². The van der Waals surface area contributed by atoms with Crippen LogP contribution in [0.25, 0.3) is 22.9 Å². The largest absolute Gasteiger partial charge is 0.469 e. The first-order valence-electron chi connectivity index (χ1n) is 10.1. The number of ether oxygens (including phenoxy) is 1. The Bertz CT molecular complexity index is 1240. The van der Waals surface area contributed by atoms with Crippen molar-refractivity contribution in [3.05, 3.63) is 66.1 Å². The van der Waals surface area contributed by atoms with Gasteiger partial charge >= 0.3 is 5.97 Å². The smallest absolute Gasteiger partial charge is 0.305 e. The van der Waals surface area contributed by atoms with Crippen molar-refractivity contribution >= 4 is 11.8 Å². The average Bonchev–Trinajstić information content (AvgIpc) is 3.49. The predicted octanol–water partition coefficient (Wildman–Crippen LogP) is 3.69. The highest BCUT2D eigenvalue weighted by Crippen LogP contribution is 2.26. The summed E-state index contributed by atoms with van der Waals surface area (Å²) in [5.41, 5.74) is 1.84. The highest BCUT2D eigenvalue weighted by molar-refractivity contribution is 5.69. The molecule has 0 atom stereocenters. The number of benzene rings is 1. The first-order valence-corrected chi connectivity index (χ1v) is 10.1. The van der Waals surface area contributed by atoms with Gasteiger partial charge in [0.1, 0.15) is 23.5 Å². The van der Waals surface area contributed by atoms with Crippen molar-refractivity contribution in [3.8, 4) is 22.9 Å². The molecule has 0 aliphatic carbocycles. The molecule has 1 aromatic carbocycles. The molecule has 11 heteroatoms. The maximum Gasteiger partial charge on any atom is 0.305 e. The number of hydrogen-bond donors (Lipinski definition) is 1. The van der Waals surface area contributed by atoms with Crippen LogP contribution < -0.4 is 5.32 Å². The average molecular weight is 454 g/mol. The summed E-state index contributed by atoms with van der Waals surface area (Å²) in [5.74, 6) is -1.20. The van der Waals surface area contributed by atoms with Gasteiger partial charge in [0.2, 0.25) is 0 Å². The van der Waals surface area contributed by atoms with Gasteiger partial charge < -0.3 is 14.6 Å². The molecule has 9 nitrogen and oxygen atoms in total. The van der Waals surface area contributed by atoms with E-state index >= 15 is 0 Å². The molecule has 0 spiro atoms. The molecule has 0 radical (unpaired) electrons. The molecule has 4 rings (SSSR count). The third-order valence-electron chi connectivity index (χ3n) is 4.81. The summed E-state index contributed by atoms with van der Waals surface area (Å²) >= 11 is 0. The van der Waals surface area contributed by atoms with Gasteiger partial charge in [-0.3, -0.25) is 9.48 Å². The third kappa shape index (κ3) is 5.20. The molecule has 0 bridgehead atoms. The molecular formula is C22H20F2N6O3. The van der Waals surface area contributed by atoms with E-state index in [0.717, 1.165) is 6.20 Å². The van der Waals surface area contributed by atoms with Gasteiger partial charge in [-0.25, -0.2) is 18.7 Å². The zero-order chi connectivity index (χ0) is 23.2.